The van der Waals surface area contributed by atoms with Gasteiger partial charge >= 0.3 is 0 Å². The second-order valence-electron chi connectivity index (χ2n) is 4.68. The Bertz CT molecular complexity index is 299. The van der Waals surface area contributed by atoms with Gasteiger partial charge in [-0.3, -0.25) is 0 Å². The fraction of sp³-hybridized carbons (Fsp3) is 1.00. The lowest BCUT2D eigenvalue weighted by Gasteiger charge is -2.34. The average molecular weight is 217 g/mol. The number of hydrogen-bond acceptors (Lipinski definition) is 3. The number of sulfone groups is 1. The van der Waals surface area contributed by atoms with Crippen molar-refractivity contribution in [3.05, 3.63) is 0 Å². The normalized spacial score (nSPS) is 42.5. The summed E-state index contributed by atoms with van der Waals surface area (Å²) < 4.78 is 23.9. The first kappa shape index (κ1) is 10.4. The Kier molecular flexibility index (Phi) is 2.84. The van der Waals surface area contributed by atoms with Gasteiger partial charge in [0.1, 0.15) is 0 Å². The summed E-state index contributed by atoms with van der Waals surface area (Å²) >= 11 is 0. The van der Waals surface area contributed by atoms with E-state index in [2.05, 4.69) is 5.32 Å². The van der Waals surface area contributed by atoms with Gasteiger partial charge in [0.15, 0.2) is 9.84 Å². The lowest BCUT2D eigenvalue weighted by Crippen LogP contribution is -2.55. The summed E-state index contributed by atoms with van der Waals surface area (Å²) in [7, 11) is -2.82. The summed E-state index contributed by atoms with van der Waals surface area (Å²) in [6.07, 6.45) is 5.35. The molecule has 3 unspecified atom stereocenters. The molecule has 0 radical (unpaired) electrons. The molecule has 1 saturated carbocycles. The van der Waals surface area contributed by atoms with Crippen molar-refractivity contribution >= 4 is 9.84 Å². The van der Waals surface area contributed by atoms with Crippen LogP contribution in [0, 0.1) is 0 Å². The van der Waals surface area contributed by atoms with Gasteiger partial charge in [0.2, 0.25) is 0 Å². The highest BCUT2D eigenvalue weighted by Crippen LogP contribution is 2.27. The number of fused-ring (bicyclic) bond motifs is 1. The molecule has 1 heterocycles. The van der Waals surface area contributed by atoms with Crippen molar-refractivity contribution in [3.63, 3.8) is 0 Å². The summed E-state index contributed by atoms with van der Waals surface area (Å²) in [5, 5.41) is 3.34. The SMILES string of the molecule is CC1CS(=O)(=O)C2CCCCCC2N1. The molecule has 0 amide bonds. The molecule has 3 atom stereocenters. The van der Waals surface area contributed by atoms with Crippen LogP contribution in [0.2, 0.25) is 0 Å². The maximum atomic E-state index is 11.9. The molecule has 1 aliphatic carbocycles. The van der Waals surface area contributed by atoms with Gasteiger partial charge in [-0.1, -0.05) is 19.3 Å². The smallest absolute Gasteiger partial charge is 0.156 e. The third kappa shape index (κ3) is 1.96. The van der Waals surface area contributed by atoms with E-state index >= 15 is 0 Å². The van der Waals surface area contributed by atoms with Crippen LogP contribution >= 0.6 is 0 Å². The van der Waals surface area contributed by atoms with Crippen LogP contribution in [0.3, 0.4) is 0 Å². The Hall–Kier alpha value is -0.0900. The van der Waals surface area contributed by atoms with Crippen molar-refractivity contribution in [2.45, 2.75) is 56.4 Å². The highest BCUT2D eigenvalue weighted by molar-refractivity contribution is 7.92. The van der Waals surface area contributed by atoms with Crippen molar-refractivity contribution in [2.75, 3.05) is 5.75 Å². The van der Waals surface area contributed by atoms with Crippen LogP contribution in [0.1, 0.15) is 39.0 Å². The molecule has 2 rings (SSSR count). The maximum Gasteiger partial charge on any atom is 0.156 e. The summed E-state index contributed by atoms with van der Waals surface area (Å²) in [6.45, 7) is 1.97. The first-order chi connectivity index (χ1) is 6.59. The molecule has 0 aromatic carbocycles. The van der Waals surface area contributed by atoms with Gasteiger partial charge < -0.3 is 5.32 Å². The van der Waals surface area contributed by atoms with E-state index in [0.717, 1.165) is 19.3 Å². The van der Waals surface area contributed by atoms with Crippen molar-refractivity contribution in [1.82, 2.24) is 5.32 Å². The molecule has 4 heteroatoms. The molecule has 0 aromatic heterocycles. The minimum Gasteiger partial charge on any atom is -0.309 e. The summed E-state index contributed by atoms with van der Waals surface area (Å²) in [5.74, 6) is 0.328. The monoisotopic (exact) mass is 217 g/mol. The van der Waals surface area contributed by atoms with E-state index in [-0.39, 0.29) is 17.3 Å². The molecule has 0 bridgehead atoms. The van der Waals surface area contributed by atoms with Gasteiger partial charge in [0.05, 0.1) is 11.0 Å². The molecule has 0 aromatic rings. The van der Waals surface area contributed by atoms with E-state index in [9.17, 15) is 8.42 Å². The number of hydrogen-bond donors (Lipinski definition) is 1. The Balaban J connectivity index is 2.22. The largest absolute Gasteiger partial charge is 0.309 e. The zero-order chi connectivity index (χ0) is 10.2. The Morgan fingerprint density at radius 2 is 1.86 bits per heavy atom. The first-order valence-electron chi connectivity index (χ1n) is 5.57. The Labute approximate surface area is 86.2 Å². The zero-order valence-corrected chi connectivity index (χ0v) is 9.52. The van der Waals surface area contributed by atoms with Gasteiger partial charge in [0, 0.05) is 12.1 Å². The predicted molar refractivity (Wildman–Crippen MR) is 57.0 cm³/mol. The van der Waals surface area contributed by atoms with Crippen LogP contribution < -0.4 is 5.32 Å². The van der Waals surface area contributed by atoms with Gasteiger partial charge in [-0.25, -0.2) is 8.42 Å². The zero-order valence-electron chi connectivity index (χ0n) is 8.70. The average Bonchev–Trinajstić information content (AvgIpc) is 2.27. The van der Waals surface area contributed by atoms with Gasteiger partial charge in [-0.05, 0) is 19.8 Å². The van der Waals surface area contributed by atoms with Crippen LogP contribution in [0.15, 0.2) is 0 Å². The fourth-order valence-corrected chi connectivity index (χ4v) is 5.06. The standard InChI is InChI=1S/C10H19NO2S/c1-8-7-14(12,13)10-6-4-2-3-5-9(10)11-8/h8-11H,2-7H2,1H3. The van der Waals surface area contributed by atoms with E-state index in [1.807, 2.05) is 6.92 Å². The summed E-state index contributed by atoms with van der Waals surface area (Å²) in [6, 6.07) is 0.366. The van der Waals surface area contributed by atoms with Crippen LogP contribution in [0.5, 0.6) is 0 Å². The minimum absolute atomic E-state index is 0.0961. The van der Waals surface area contributed by atoms with Crippen LogP contribution in [0.4, 0.5) is 0 Å². The van der Waals surface area contributed by atoms with Crippen LogP contribution in [-0.2, 0) is 9.84 Å². The molecule has 14 heavy (non-hydrogen) atoms. The number of nitrogens with one attached hydrogen (secondary N) is 1. The van der Waals surface area contributed by atoms with Gasteiger partial charge in [-0.15, -0.1) is 0 Å². The molecule has 1 aliphatic heterocycles. The van der Waals surface area contributed by atoms with Crippen LogP contribution in [-0.4, -0.2) is 31.5 Å². The molecule has 2 aliphatic rings. The molecule has 2 fully saturated rings. The first-order valence-corrected chi connectivity index (χ1v) is 7.29. The number of rotatable bonds is 0. The van der Waals surface area contributed by atoms with Crippen molar-refractivity contribution in [1.29, 1.82) is 0 Å². The fourth-order valence-electron chi connectivity index (χ4n) is 2.78. The molecule has 82 valence electrons. The quantitative estimate of drug-likeness (QED) is 0.661. The third-order valence-corrected chi connectivity index (χ3v) is 5.85. The van der Waals surface area contributed by atoms with Crippen molar-refractivity contribution < 1.29 is 8.42 Å². The molecule has 3 nitrogen and oxygen atoms in total. The summed E-state index contributed by atoms with van der Waals surface area (Å²) in [5.41, 5.74) is 0. The lowest BCUT2D eigenvalue weighted by atomic mass is 10.1. The van der Waals surface area contributed by atoms with E-state index in [4.69, 9.17) is 0 Å². The maximum absolute atomic E-state index is 11.9. The van der Waals surface area contributed by atoms with Crippen LogP contribution in [0.25, 0.3) is 0 Å². The highest BCUT2D eigenvalue weighted by Gasteiger charge is 2.39. The second kappa shape index (κ2) is 3.81. The van der Waals surface area contributed by atoms with Gasteiger partial charge in [0.25, 0.3) is 0 Å². The Morgan fingerprint density at radius 1 is 1.14 bits per heavy atom. The molecule has 1 saturated heterocycles. The second-order valence-corrected chi connectivity index (χ2v) is 6.94. The molecule has 0 spiro atoms. The molecular weight excluding hydrogens is 198 g/mol. The summed E-state index contributed by atoms with van der Waals surface area (Å²) in [4.78, 5) is 0. The topological polar surface area (TPSA) is 46.2 Å². The van der Waals surface area contributed by atoms with E-state index in [1.165, 1.54) is 12.8 Å². The van der Waals surface area contributed by atoms with Crippen molar-refractivity contribution in [3.8, 4) is 0 Å². The van der Waals surface area contributed by atoms with E-state index in [0.29, 0.717) is 5.75 Å². The van der Waals surface area contributed by atoms with Crippen molar-refractivity contribution in [2.24, 2.45) is 0 Å². The Morgan fingerprint density at radius 3 is 2.64 bits per heavy atom. The van der Waals surface area contributed by atoms with E-state index in [1.54, 1.807) is 0 Å². The third-order valence-electron chi connectivity index (χ3n) is 3.39. The molecule has 1 N–H and O–H groups in total. The molecular formula is C10H19NO2S. The predicted octanol–water partition coefficient (Wildman–Crippen LogP) is 1.09. The lowest BCUT2D eigenvalue weighted by molar-refractivity contribution is 0.393. The minimum atomic E-state index is -2.82. The highest BCUT2D eigenvalue weighted by atomic mass is 32.2. The van der Waals surface area contributed by atoms with E-state index < -0.39 is 9.84 Å². The van der Waals surface area contributed by atoms with Gasteiger partial charge in [-0.2, -0.15) is 0 Å².